The third-order valence-electron chi connectivity index (χ3n) is 4.53. The molecule has 1 unspecified atom stereocenters. The number of para-hydroxylation sites is 1. The SMILES string of the molecule is CCN(CC)C(=O)C(c1ccccc1)N(C)CCCOc1ccccc1. The Bertz CT molecular complexity index is 642. The molecule has 1 amide bonds. The van der Waals surface area contributed by atoms with Gasteiger partial charge in [-0.3, -0.25) is 9.69 Å². The second-order valence-corrected chi connectivity index (χ2v) is 6.32. The Kier molecular flexibility index (Phi) is 8.16. The van der Waals surface area contributed by atoms with Crippen molar-refractivity contribution in [2.24, 2.45) is 0 Å². The van der Waals surface area contributed by atoms with Crippen LogP contribution in [0.1, 0.15) is 31.9 Å². The summed E-state index contributed by atoms with van der Waals surface area (Å²) in [5.74, 6) is 1.04. The van der Waals surface area contributed by atoms with Gasteiger partial charge in [-0.15, -0.1) is 0 Å². The number of nitrogens with zero attached hydrogens (tertiary/aromatic N) is 2. The molecule has 0 saturated heterocycles. The highest BCUT2D eigenvalue weighted by molar-refractivity contribution is 5.83. The lowest BCUT2D eigenvalue weighted by atomic mass is 10.0. The number of amides is 1. The Morgan fingerprint density at radius 2 is 1.54 bits per heavy atom. The fraction of sp³-hybridized carbons (Fsp3) is 0.409. The molecule has 0 radical (unpaired) electrons. The van der Waals surface area contributed by atoms with Gasteiger partial charge < -0.3 is 9.64 Å². The minimum absolute atomic E-state index is 0.160. The number of benzene rings is 2. The molecular formula is C22H30N2O2. The number of likely N-dealkylation sites (N-methyl/N-ethyl adjacent to an activating group) is 2. The maximum absolute atomic E-state index is 13.1. The zero-order valence-electron chi connectivity index (χ0n) is 16.1. The van der Waals surface area contributed by atoms with Crippen LogP contribution in [0.5, 0.6) is 5.75 Å². The summed E-state index contributed by atoms with van der Waals surface area (Å²) in [5.41, 5.74) is 1.04. The van der Waals surface area contributed by atoms with Crippen molar-refractivity contribution in [3.63, 3.8) is 0 Å². The number of rotatable bonds is 10. The van der Waals surface area contributed by atoms with Gasteiger partial charge in [0.15, 0.2) is 0 Å². The Labute approximate surface area is 157 Å². The van der Waals surface area contributed by atoms with Crippen LogP contribution in [0.15, 0.2) is 60.7 Å². The molecule has 2 rings (SSSR count). The first-order chi connectivity index (χ1) is 12.7. The maximum atomic E-state index is 13.1. The van der Waals surface area contributed by atoms with Crippen LogP contribution in [0.3, 0.4) is 0 Å². The Morgan fingerprint density at radius 1 is 0.962 bits per heavy atom. The molecule has 1 atom stereocenters. The van der Waals surface area contributed by atoms with Gasteiger partial charge in [0.2, 0.25) is 5.91 Å². The monoisotopic (exact) mass is 354 g/mol. The van der Waals surface area contributed by atoms with Crippen LogP contribution in [-0.2, 0) is 4.79 Å². The smallest absolute Gasteiger partial charge is 0.244 e. The van der Waals surface area contributed by atoms with E-state index in [1.165, 1.54) is 0 Å². The second kappa shape index (κ2) is 10.6. The lowest BCUT2D eigenvalue weighted by Crippen LogP contribution is -2.42. The van der Waals surface area contributed by atoms with Gasteiger partial charge in [-0.2, -0.15) is 0 Å². The number of carbonyl (C=O) groups excluding carboxylic acids is 1. The molecule has 0 spiro atoms. The van der Waals surface area contributed by atoms with E-state index in [1.807, 2.05) is 86.5 Å². The van der Waals surface area contributed by atoms with E-state index in [0.29, 0.717) is 6.61 Å². The molecule has 26 heavy (non-hydrogen) atoms. The van der Waals surface area contributed by atoms with Crippen LogP contribution in [0.4, 0.5) is 0 Å². The molecule has 0 aliphatic carbocycles. The van der Waals surface area contributed by atoms with Crippen molar-refractivity contribution in [3.8, 4) is 5.75 Å². The fourth-order valence-corrected chi connectivity index (χ4v) is 3.08. The topological polar surface area (TPSA) is 32.8 Å². The van der Waals surface area contributed by atoms with Crippen LogP contribution >= 0.6 is 0 Å². The van der Waals surface area contributed by atoms with E-state index >= 15 is 0 Å². The number of hydrogen-bond acceptors (Lipinski definition) is 3. The standard InChI is InChI=1S/C22H30N2O2/c1-4-24(5-2)22(25)21(19-13-8-6-9-14-19)23(3)17-12-18-26-20-15-10-7-11-16-20/h6-11,13-16,21H,4-5,12,17-18H2,1-3H3. The molecule has 0 saturated carbocycles. The average Bonchev–Trinajstić information content (AvgIpc) is 2.68. The van der Waals surface area contributed by atoms with Gasteiger partial charge in [0, 0.05) is 19.6 Å². The quantitative estimate of drug-likeness (QED) is 0.605. The zero-order chi connectivity index (χ0) is 18.8. The van der Waals surface area contributed by atoms with Crippen molar-refractivity contribution in [3.05, 3.63) is 66.2 Å². The minimum Gasteiger partial charge on any atom is -0.494 e. The lowest BCUT2D eigenvalue weighted by Gasteiger charge is -2.32. The van der Waals surface area contributed by atoms with Gasteiger partial charge in [-0.05, 0) is 45.0 Å². The van der Waals surface area contributed by atoms with Crippen molar-refractivity contribution in [1.82, 2.24) is 9.80 Å². The molecule has 4 heteroatoms. The summed E-state index contributed by atoms with van der Waals surface area (Å²) in [7, 11) is 2.02. The van der Waals surface area contributed by atoms with E-state index < -0.39 is 0 Å². The molecular weight excluding hydrogens is 324 g/mol. The summed E-state index contributed by atoms with van der Waals surface area (Å²) >= 11 is 0. The molecule has 0 fully saturated rings. The number of carbonyl (C=O) groups is 1. The highest BCUT2D eigenvalue weighted by Gasteiger charge is 2.27. The van der Waals surface area contributed by atoms with Crippen molar-refractivity contribution >= 4 is 5.91 Å². The van der Waals surface area contributed by atoms with Crippen molar-refractivity contribution < 1.29 is 9.53 Å². The third-order valence-corrected chi connectivity index (χ3v) is 4.53. The predicted octanol–water partition coefficient (Wildman–Crippen LogP) is 4.00. The first kappa shape index (κ1) is 20.0. The molecule has 0 bridgehead atoms. The van der Waals surface area contributed by atoms with Gasteiger partial charge in [0.05, 0.1) is 6.61 Å². The highest BCUT2D eigenvalue weighted by Crippen LogP contribution is 2.22. The predicted molar refractivity (Wildman–Crippen MR) is 106 cm³/mol. The molecule has 0 aliphatic heterocycles. The average molecular weight is 354 g/mol. The van der Waals surface area contributed by atoms with Crippen LogP contribution in [0.2, 0.25) is 0 Å². The van der Waals surface area contributed by atoms with Gasteiger partial charge in [-0.25, -0.2) is 0 Å². The summed E-state index contributed by atoms with van der Waals surface area (Å²) in [5, 5.41) is 0. The molecule has 2 aromatic rings. The van der Waals surface area contributed by atoms with Crippen LogP contribution in [0.25, 0.3) is 0 Å². The van der Waals surface area contributed by atoms with Gasteiger partial charge in [0.25, 0.3) is 0 Å². The summed E-state index contributed by atoms with van der Waals surface area (Å²) < 4.78 is 5.77. The van der Waals surface area contributed by atoms with Gasteiger partial charge in [0.1, 0.15) is 11.8 Å². The van der Waals surface area contributed by atoms with Gasteiger partial charge >= 0.3 is 0 Å². The Hall–Kier alpha value is -2.33. The van der Waals surface area contributed by atoms with Crippen molar-refractivity contribution in [2.45, 2.75) is 26.3 Å². The van der Waals surface area contributed by atoms with E-state index in [4.69, 9.17) is 4.74 Å². The first-order valence-corrected chi connectivity index (χ1v) is 9.39. The van der Waals surface area contributed by atoms with E-state index in [2.05, 4.69) is 4.90 Å². The van der Waals surface area contributed by atoms with Crippen LogP contribution < -0.4 is 4.74 Å². The van der Waals surface area contributed by atoms with Crippen LogP contribution in [-0.4, -0.2) is 49.0 Å². The zero-order valence-corrected chi connectivity index (χ0v) is 16.1. The number of ether oxygens (including phenoxy) is 1. The highest BCUT2D eigenvalue weighted by atomic mass is 16.5. The third kappa shape index (κ3) is 5.60. The maximum Gasteiger partial charge on any atom is 0.244 e. The van der Waals surface area contributed by atoms with E-state index in [1.54, 1.807) is 0 Å². The van der Waals surface area contributed by atoms with Crippen molar-refractivity contribution in [2.75, 3.05) is 33.3 Å². The minimum atomic E-state index is -0.257. The van der Waals surface area contributed by atoms with Gasteiger partial charge in [-0.1, -0.05) is 48.5 Å². The summed E-state index contributed by atoms with van der Waals surface area (Å²) in [4.78, 5) is 17.1. The lowest BCUT2D eigenvalue weighted by molar-refractivity contribution is -0.136. The first-order valence-electron chi connectivity index (χ1n) is 9.39. The second-order valence-electron chi connectivity index (χ2n) is 6.32. The summed E-state index contributed by atoms with van der Waals surface area (Å²) in [6, 6.07) is 19.6. The summed E-state index contributed by atoms with van der Waals surface area (Å²) in [6.07, 6.45) is 0.861. The largest absolute Gasteiger partial charge is 0.494 e. The summed E-state index contributed by atoms with van der Waals surface area (Å²) in [6.45, 7) is 6.93. The molecule has 0 aliphatic rings. The molecule has 4 nitrogen and oxygen atoms in total. The molecule has 140 valence electrons. The number of hydrogen-bond donors (Lipinski definition) is 0. The molecule has 2 aromatic carbocycles. The molecule has 0 N–H and O–H groups in total. The Morgan fingerprint density at radius 3 is 2.12 bits per heavy atom. The van der Waals surface area contributed by atoms with E-state index in [9.17, 15) is 4.79 Å². The molecule has 0 aromatic heterocycles. The van der Waals surface area contributed by atoms with E-state index in [-0.39, 0.29) is 11.9 Å². The van der Waals surface area contributed by atoms with Crippen molar-refractivity contribution in [1.29, 1.82) is 0 Å². The van der Waals surface area contributed by atoms with E-state index in [0.717, 1.165) is 37.4 Å². The Balaban J connectivity index is 1.99. The van der Waals surface area contributed by atoms with Crippen LogP contribution in [0, 0.1) is 0 Å². The normalized spacial score (nSPS) is 12.0. The molecule has 0 heterocycles. The fourth-order valence-electron chi connectivity index (χ4n) is 3.08.